The molecule has 2 aromatic carbocycles. The van der Waals surface area contributed by atoms with Gasteiger partial charge >= 0.3 is 5.97 Å². The Hall–Kier alpha value is -2.98. The molecule has 7 heteroatoms. The van der Waals surface area contributed by atoms with E-state index in [2.05, 4.69) is 15.9 Å². The highest BCUT2D eigenvalue weighted by molar-refractivity contribution is 9.10. The fourth-order valence-electron chi connectivity index (χ4n) is 2.52. The molecule has 0 heterocycles. The van der Waals surface area contributed by atoms with Gasteiger partial charge in [0.1, 0.15) is 30.6 Å². The molecule has 0 saturated heterocycles. The van der Waals surface area contributed by atoms with Gasteiger partial charge in [-0.25, -0.2) is 4.79 Å². The molecule has 0 spiro atoms. The minimum Gasteiger partial charge on any atom is -0.490 e. The molecule has 0 atom stereocenters. The van der Waals surface area contributed by atoms with Crippen LogP contribution in [0.1, 0.15) is 25.0 Å². The van der Waals surface area contributed by atoms with E-state index in [4.69, 9.17) is 18.9 Å². The number of esters is 1. The predicted octanol–water partition coefficient (Wildman–Crippen LogP) is 5.08. The topological polar surface area (TPSA) is 77.8 Å². The van der Waals surface area contributed by atoms with Gasteiger partial charge < -0.3 is 18.9 Å². The van der Waals surface area contributed by atoms with E-state index in [0.29, 0.717) is 41.4 Å². The monoisotopic (exact) mass is 473 g/mol. The summed E-state index contributed by atoms with van der Waals surface area (Å²) in [5.74, 6) is 1.13. The van der Waals surface area contributed by atoms with Crippen LogP contribution in [0.15, 0.2) is 46.4 Å². The van der Waals surface area contributed by atoms with Crippen molar-refractivity contribution in [2.45, 2.75) is 20.8 Å². The molecule has 0 unspecified atom stereocenters. The summed E-state index contributed by atoms with van der Waals surface area (Å²) in [6, 6.07) is 13.1. The van der Waals surface area contributed by atoms with Crippen LogP contribution in [0.4, 0.5) is 0 Å². The third kappa shape index (κ3) is 6.82. The van der Waals surface area contributed by atoms with E-state index in [1.165, 1.54) is 11.6 Å². The van der Waals surface area contributed by atoms with Gasteiger partial charge in [0, 0.05) is 0 Å². The van der Waals surface area contributed by atoms with Crippen LogP contribution >= 0.6 is 15.9 Å². The number of carbonyl (C=O) groups excluding carboxylic acids is 1. The van der Waals surface area contributed by atoms with Crippen LogP contribution in [0.25, 0.3) is 6.08 Å². The minimum absolute atomic E-state index is 0.0913. The highest BCUT2D eigenvalue weighted by Gasteiger charge is 2.15. The van der Waals surface area contributed by atoms with Crippen LogP contribution in [0.2, 0.25) is 0 Å². The van der Waals surface area contributed by atoms with Gasteiger partial charge in [-0.2, -0.15) is 5.26 Å². The minimum atomic E-state index is -0.664. The van der Waals surface area contributed by atoms with Crippen molar-refractivity contribution in [3.05, 3.63) is 57.6 Å². The largest absolute Gasteiger partial charge is 0.490 e. The Kier molecular flexibility index (Phi) is 9.23. The summed E-state index contributed by atoms with van der Waals surface area (Å²) < 4.78 is 22.8. The first-order valence-corrected chi connectivity index (χ1v) is 10.3. The maximum absolute atomic E-state index is 11.9. The lowest BCUT2D eigenvalue weighted by Crippen LogP contribution is -2.10. The number of ether oxygens (including phenoxy) is 4. The van der Waals surface area contributed by atoms with Crippen LogP contribution in [0, 0.1) is 18.3 Å². The zero-order valence-corrected chi connectivity index (χ0v) is 18.8. The fourth-order valence-corrected chi connectivity index (χ4v) is 3.10. The van der Waals surface area contributed by atoms with Crippen LogP contribution in [-0.2, 0) is 9.53 Å². The average Bonchev–Trinajstić information content (AvgIpc) is 2.72. The first-order valence-electron chi connectivity index (χ1n) is 9.56. The first kappa shape index (κ1) is 23.3. The van der Waals surface area contributed by atoms with Gasteiger partial charge in [0.2, 0.25) is 0 Å². The lowest BCUT2D eigenvalue weighted by atomic mass is 10.1. The van der Waals surface area contributed by atoms with E-state index >= 15 is 0 Å². The molecular formula is C23H24BrNO5. The summed E-state index contributed by atoms with van der Waals surface area (Å²) in [5, 5.41) is 9.23. The number of aryl methyl sites for hydroxylation is 1. The normalized spacial score (nSPS) is 10.8. The summed E-state index contributed by atoms with van der Waals surface area (Å²) in [6.45, 7) is 6.87. The Morgan fingerprint density at radius 3 is 2.40 bits per heavy atom. The van der Waals surface area contributed by atoms with Crippen molar-refractivity contribution in [3.8, 4) is 23.3 Å². The highest BCUT2D eigenvalue weighted by Crippen LogP contribution is 2.37. The third-order valence-corrected chi connectivity index (χ3v) is 4.47. The molecule has 0 aliphatic rings. The molecule has 2 rings (SSSR count). The molecule has 30 heavy (non-hydrogen) atoms. The Labute approximate surface area is 185 Å². The number of halogens is 1. The number of nitriles is 1. The van der Waals surface area contributed by atoms with Crippen molar-refractivity contribution in [3.63, 3.8) is 0 Å². The summed E-state index contributed by atoms with van der Waals surface area (Å²) >= 11 is 3.48. The smallest absolute Gasteiger partial charge is 0.348 e. The Bertz CT molecular complexity index is 932. The summed E-state index contributed by atoms with van der Waals surface area (Å²) in [7, 11) is 0. The Morgan fingerprint density at radius 1 is 1.07 bits per heavy atom. The second-order valence-electron chi connectivity index (χ2n) is 6.16. The van der Waals surface area contributed by atoms with Crippen molar-refractivity contribution in [2.75, 3.05) is 26.4 Å². The first-order chi connectivity index (χ1) is 14.5. The van der Waals surface area contributed by atoms with Crippen LogP contribution < -0.4 is 14.2 Å². The number of rotatable bonds is 10. The number of nitrogens with zero attached hydrogens (tertiary/aromatic N) is 1. The van der Waals surface area contributed by atoms with Crippen molar-refractivity contribution in [1.82, 2.24) is 0 Å². The van der Waals surface area contributed by atoms with Gasteiger partial charge in [-0.3, -0.25) is 0 Å². The molecule has 0 radical (unpaired) electrons. The third-order valence-electron chi connectivity index (χ3n) is 3.88. The Morgan fingerprint density at radius 2 is 1.77 bits per heavy atom. The molecule has 0 fully saturated rings. The van der Waals surface area contributed by atoms with E-state index < -0.39 is 5.97 Å². The van der Waals surface area contributed by atoms with E-state index in [1.807, 2.05) is 44.2 Å². The van der Waals surface area contributed by atoms with Gasteiger partial charge in [-0.1, -0.05) is 17.7 Å². The van der Waals surface area contributed by atoms with E-state index in [-0.39, 0.29) is 12.2 Å². The molecule has 0 saturated carbocycles. The predicted molar refractivity (Wildman–Crippen MR) is 118 cm³/mol. The molecule has 0 aromatic heterocycles. The molecule has 0 N–H and O–H groups in total. The molecule has 0 bridgehead atoms. The second kappa shape index (κ2) is 11.9. The second-order valence-corrected chi connectivity index (χ2v) is 7.02. The molecular weight excluding hydrogens is 450 g/mol. The van der Waals surface area contributed by atoms with Gasteiger partial charge in [-0.05, 0) is 72.6 Å². The van der Waals surface area contributed by atoms with Crippen LogP contribution in [0.3, 0.4) is 0 Å². The van der Waals surface area contributed by atoms with Gasteiger partial charge in [0.15, 0.2) is 11.5 Å². The van der Waals surface area contributed by atoms with Crippen molar-refractivity contribution in [2.24, 2.45) is 0 Å². The molecule has 2 aromatic rings. The molecule has 6 nitrogen and oxygen atoms in total. The maximum Gasteiger partial charge on any atom is 0.348 e. The standard InChI is InChI=1S/C23H24BrNO5/c1-4-27-21-14-17(12-18(15-25)23(26)28-5-2)13-20(24)22(21)30-11-10-29-19-8-6-16(3)7-9-19/h6-9,12-14H,4-5,10-11H2,1-3H3/b18-12+. The van der Waals surface area contributed by atoms with Gasteiger partial charge in [-0.15, -0.1) is 0 Å². The van der Waals surface area contributed by atoms with Crippen molar-refractivity contribution >= 4 is 28.0 Å². The zero-order valence-electron chi connectivity index (χ0n) is 17.2. The summed E-state index contributed by atoms with van der Waals surface area (Å²) in [5.41, 5.74) is 1.69. The lowest BCUT2D eigenvalue weighted by Gasteiger charge is -2.15. The van der Waals surface area contributed by atoms with Gasteiger partial charge in [0.05, 0.1) is 17.7 Å². The van der Waals surface area contributed by atoms with E-state index in [9.17, 15) is 10.1 Å². The Balaban J connectivity index is 2.12. The van der Waals surface area contributed by atoms with Crippen molar-refractivity contribution < 1.29 is 23.7 Å². The molecule has 0 amide bonds. The number of hydrogen-bond acceptors (Lipinski definition) is 6. The van der Waals surface area contributed by atoms with Crippen LogP contribution in [-0.4, -0.2) is 32.4 Å². The fraction of sp³-hybridized carbons (Fsp3) is 0.304. The lowest BCUT2D eigenvalue weighted by molar-refractivity contribution is -0.137. The number of benzene rings is 2. The van der Waals surface area contributed by atoms with Crippen LogP contribution in [0.5, 0.6) is 17.2 Å². The van der Waals surface area contributed by atoms with Crippen molar-refractivity contribution in [1.29, 1.82) is 5.26 Å². The summed E-state index contributed by atoms with van der Waals surface area (Å²) in [4.78, 5) is 11.9. The maximum atomic E-state index is 11.9. The number of hydrogen-bond donors (Lipinski definition) is 0. The van der Waals surface area contributed by atoms with E-state index in [1.54, 1.807) is 19.1 Å². The zero-order chi connectivity index (χ0) is 21.9. The molecule has 158 valence electrons. The average molecular weight is 474 g/mol. The molecule has 0 aliphatic carbocycles. The molecule has 0 aliphatic heterocycles. The summed E-state index contributed by atoms with van der Waals surface area (Å²) in [6.07, 6.45) is 1.45. The van der Waals surface area contributed by atoms with E-state index in [0.717, 1.165) is 5.75 Å². The number of carbonyl (C=O) groups is 1. The van der Waals surface area contributed by atoms with Gasteiger partial charge in [0.25, 0.3) is 0 Å². The quantitative estimate of drug-likeness (QED) is 0.207. The SMILES string of the molecule is CCOC(=O)/C(C#N)=C/c1cc(Br)c(OCCOc2ccc(C)cc2)c(OCC)c1. The highest BCUT2D eigenvalue weighted by atomic mass is 79.9.